The molecular formula is C27H26N4O3S. The van der Waals surface area contributed by atoms with Gasteiger partial charge in [0.1, 0.15) is 12.0 Å². The molecule has 0 saturated carbocycles. The highest BCUT2D eigenvalue weighted by atomic mass is 32.1. The molecule has 0 aliphatic carbocycles. The second kappa shape index (κ2) is 11.8. The van der Waals surface area contributed by atoms with E-state index in [1.54, 1.807) is 32.5 Å². The second-order valence-electron chi connectivity index (χ2n) is 7.54. The zero-order chi connectivity index (χ0) is 24.5. The summed E-state index contributed by atoms with van der Waals surface area (Å²) in [6, 6.07) is 26.0. The van der Waals surface area contributed by atoms with Gasteiger partial charge in [-0.15, -0.1) is 0 Å². The van der Waals surface area contributed by atoms with Crippen LogP contribution in [0.2, 0.25) is 0 Å². The summed E-state index contributed by atoms with van der Waals surface area (Å²) in [6.45, 7) is 0.605. The highest BCUT2D eigenvalue weighted by Crippen LogP contribution is 2.39. The number of aromatic nitrogens is 2. The summed E-state index contributed by atoms with van der Waals surface area (Å²) in [5.74, 6) is 1.91. The van der Waals surface area contributed by atoms with Gasteiger partial charge in [0.05, 0.1) is 20.4 Å². The Labute approximate surface area is 210 Å². The van der Waals surface area contributed by atoms with Gasteiger partial charge in [0, 0.05) is 12.5 Å². The van der Waals surface area contributed by atoms with Crippen molar-refractivity contribution >= 4 is 23.0 Å². The van der Waals surface area contributed by atoms with Gasteiger partial charge < -0.3 is 24.8 Å². The van der Waals surface area contributed by atoms with Crippen LogP contribution in [-0.2, 0) is 0 Å². The number of rotatable bonds is 9. The molecule has 35 heavy (non-hydrogen) atoms. The molecule has 7 nitrogen and oxygen atoms in total. The largest absolute Gasteiger partial charge is 0.493 e. The van der Waals surface area contributed by atoms with E-state index in [4.69, 9.17) is 26.4 Å². The van der Waals surface area contributed by atoms with Crippen molar-refractivity contribution < 1.29 is 14.2 Å². The molecule has 0 spiro atoms. The fourth-order valence-corrected chi connectivity index (χ4v) is 3.88. The van der Waals surface area contributed by atoms with Crippen molar-refractivity contribution in [2.75, 3.05) is 26.1 Å². The maximum absolute atomic E-state index is 6.03. The molecule has 178 valence electrons. The van der Waals surface area contributed by atoms with E-state index in [9.17, 15) is 0 Å². The molecule has 0 unspecified atom stereocenters. The van der Waals surface area contributed by atoms with Gasteiger partial charge in [-0.3, -0.25) is 0 Å². The van der Waals surface area contributed by atoms with E-state index in [1.807, 2.05) is 42.5 Å². The SMILES string of the molecule is COc1cccc(Oc2ncncc2NC(=S)NCC(c2ccccc2)c2ccccc2)c1OC. The van der Waals surface area contributed by atoms with Gasteiger partial charge >= 0.3 is 0 Å². The van der Waals surface area contributed by atoms with Gasteiger partial charge in [-0.2, -0.15) is 4.98 Å². The molecule has 0 amide bonds. The Morgan fingerprint density at radius 3 is 2.14 bits per heavy atom. The van der Waals surface area contributed by atoms with Gasteiger partial charge in [0.25, 0.3) is 0 Å². The molecule has 1 heterocycles. The molecule has 1 aromatic heterocycles. The van der Waals surface area contributed by atoms with Crippen LogP contribution in [0, 0.1) is 0 Å². The zero-order valence-electron chi connectivity index (χ0n) is 19.5. The van der Waals surface area contributed by atoms with E-state index in [0.29, 0.717) is 40.5 Å². The summed E-state index contributed by atoms with van der Waals surface area (Å²) < 4.78 is 16.8. The Kier molecular flexibility index (Phi) is 8.08. The van der Waals surface area contributed by atoms with Crippen LogP contribution in [0.5, 0.6) is 23.1 Å². The number of nitrogens with one attached hydrogen (secondary N) is 2. The van der Waals surface area contributed by atoms with Crippen LogP contribution in [0.4, 0.5) is 5.69 Å². The third kappa shape index (κ3) is 6.04. The predicted octanol–water partition coefficient (Wildman–Crippen LogP) is 5.40. The number of hydrogen-bond donors (Lipinski definition) is 2. The smallest absolute Gasteiger partial charge is 0.246 e. The first kappa shape index (κ1) is 24.0. The summed E-state index contributed by atoms with van der Waals surface area (Å²) in [5.41, 5.74) is 2.92. The number of thiocarbonyl (C=S) groups is 1. The standard InChI is InChI=1S/C27H26N4O3S/c1-32-23-14-9-15-24(25(23)33-2)34-26-22(17-28-18-30-26)31-27(35)29-16-21(19-10-5-3-6-11-19)20-12-7-4-8-13-20/h3-15,17-18,21H,16H2,1-2H3,(H2,29,31,35). The fraction of sp³-hybridized carbons (Fsp3) is 0.148. The van der Waals surface area contributed by atoms with Crippen molar-refractivity contribution in [2.24, 2.45) is 0 Å². The van der Waals surface area contributed by atoms with Crippen molar-refractivity contribution in [1.82, 2.24) is 15.3 Å². The minimum Gasteiger partial charge on any atom is -0.493 e. The van der Waals surface area contributed by atoms with Crippen molar-refractivity contribution in [2.45, 2.75) is 5.92 Å². The number of hydrogen-bond acceptors (Lipinski definition) is 6. The number of nitrogens with zero attached hydrogens (tertiary/aromatic N) is 2. The lowest BCUT2D eigenvalue weighted by atomic mass is 9.91. The van der Waals surface area contributed by atoms with E-state index in [-0.39, 0.29) is 5.92 Å². The average molecular weight is 487 g/mol. The van der Waals surface area contributed by atoms with Gasteiger partial charge in [-0.05, 0) is 35.5 Å². The monoisotopic (exact) mass is 486 g/mol. The van der Waals surface area contributed by atoms with Crippen molar-refractivity contribution in [1.29, 1.82) is 0 Å². The molecule has 8 heteroatoms. The normalized spacial score (nSPS) is 10.5. The Balaban J connectivity index is 1.48. The molecule has 0 aliphatic heterocycles. The van der Waals surface area contributed by atoms with E-state index < -0.39 is 0 Å². The number of methoxy groups -OCH3 is 2. The van der Waals surface area contributed by atoms with Crippen molar-refractivity contribution in [3.05, 3.63) is 103 Å². The average Bonchev–Trinajstić information content (AvgIpc) is 2.91. The Bertz CT molecular complexity index is 1220. The number of para-hydroxylation sites is 1. The molecule has 4 aromatic rings. The second-order valence-corrected chi connectivity index (χ2v) is 7.95. The molecule has 4 rings (SSSR count). The van der Waals surface area contributed by atoms with E-state index in [0.717, 1.165) is 0 Å². The van der Waals surface area contributed by atoms with Gasteiger partial charge in [-0.1, -0.05) is 66.7 Å². The number of ether oxygens (including phenoxy) is 3. The molecule has 3 aromatic carbocycles. The predicted molar refractivity (Wildman–Crippen MR) is 141 cm³/mol. The van der Waals surface area contributed by atoms with Crippen LogP contribution in [0.15, 0.2) is 91.4 Å². The summed E-state index contributed by atoms with van der Waals surface area (Å²) in [7, 11) is 3.13. The highest BCUT2D eigenvalue weighted by Gasteiger charge is 2.17. The molecule has 0 bridgehead atoms. The molecule has 0 radical (unpaired) electrons. The number of benzene rings is 3. The van der Waals surface area contributed by atoms with E-state index >= 15 is 0 Å². The topological polar surface area (TPSA) is 77.5 Å². The molecule has 0 fully saturated rings. The van der Waals surface area contributed by atoms with Gasteiger partial charge in [0.2, 0.25) is 11.6 Å². The minimum absolute atomic E-state index is 0.126. The fourth-order valence-electron chi connectivity index (χ4n) is 3.69. The van der Waals surface area contributed by atoms with Crippen LogP contribution in [0.3, 0.4) is 0 Å². The summed E-state index contributed by atoms with van der Waals surface area (Å²) in [5, 5.41) is 6.91. The van der Waals surface area contributed by atoms with Crippen LogP contribution in [0.25, 0.3) is 0 Å². The molecule has 2 N–H and O–H groups in total. The lowest BCUT2D eigenvalue weighted by Crippen LogP contribution is -2.32. The maximum Gasteiger partial charge on any atom is 0.246 e. The minimum atomic E-state index is 0.126. The maximum atomic E-state index is 6.03. The van der Waals surface area contributed by atoms with Crippen LogP contribution < -0.4 is 24.8 Å². The zero-order valence-corrected chi connectivity index (χ0v) is 20.3. The number of anilines is 1. The van der Waals surface area contributed by atoms with Crippen LogP contribution in [0.1, 0.15) is 17.0 Å². The first-order valence-electron chi connectivity index (χ1n) is 11.0. The van der Waals surface area contributed by atoms with Crippen LogP contribution in [-0.4, -0.2) is 35.8 Å². The third-order valence-corrected chi connectivity index (χ3v) is 5.61. The van der Waals surface area contributed by atoms with E-state index in [2.05, 4.69) is 44.9 Å². The molecule has 0 atom stereocenters. The van der Waals surface area contributed by atoms with Crippen molar-refractivity contribution in [3.8, 4) is 23.1 Å². The molecule has 0 saturated heterocycles. The first-order valence-corrected chi connectivity index (χ1v) is 11.4. The Morgan fingerprint density at radius 1 is 0.857 bits per heavy atom. The first-order chi connectivity index (χ1) is 17.2. The summed E-state index contributed by atoms with van der Waals surface area (Å²) in [4.78, 5) is 8.38. The van der Waals surface area contributed by atoms with Gasteiger partial charge in [-0.25, -0.2) is 4.98 Å². The third-order valence-electron chi connectivity index (χ3n) is 5.37. The molecular weight excluding hydrogens is 460 g/mol. The molecule has 0 aliphatic rings. The van der Waals surface area contributed by atoms with E-state index in [1.165, 1.54) is 17.5 Å². The summed E-state index contributed by atoms with van der Waals surface area (Å²) >= 11 is 5.59. The quantitative estimate of drug-likeness (QED) is 0.304. The highest BCUT2D eigenvalue weighted by molar-refractivity contribution is 7.80. The van der Waals surface area contributed by atoms with Gasteiger partial charge in [0.15, 0.2) is 16.6 Å². The van der Waals surface area contributed by atoms with Crippen LogP contribution >= 0.6 is 12.2 Å². The van der Waals surface area contributed by atoms with Crippen molar-refractivity contribution in [3.63, 3.8) is 0 Å². The lowest BCUT2D eigenvalue weighted by Gasteiger charge is -2.20. The Hall–Kier alpha value is -4.17. The lowest BCUT2D eigenvalue weighted by molar-refractivity contribution is 0.334. The summed E-state index contributed by atoms with van der Waals surface area (Å²) in [6.07, 6.45) is 3.01. The Morgan fingerprint density at radius 2 is 1.51 bits per heavy atom.